The van der Waals surface area contributed by atoms with Gasteiger partial charge in [-0.15, -0.1) is 0 Å². The molecule has 0 heterocycles. The molecule has 0 bridgehead atoms. The average Bonchev–Trinajstić information content (AvgIpc) is 2.73. The summed E-state index contributed by atoms with van der Waals surface area (Å²) in [6.07, 6.45) is 20.4. The number of hydrogen-bond donors (Lipinski definition) is 2. The molecule has 0 spiro atoms. The molecule has 0 rings (SSSR count). The molecule has 31 heavy (non-hydrogen) atoms. The van der Waals surface area contributed by atoms with Crippen LogP contribution in [-0.2, 0) is 23.1 Å². The van der Waals surface area contributed by atoms with Crippen molar-refractivity contribution >= 4 is 13.8 Å². The van der Waals surface area contributed by atoms with E-state index >= 15 is 0 Å². The number of rotatable bonds is 21. The maximum Gasteiger partial charge on any atom is 0.472 e. The molecule has 2 atom stereocenters. The van der Waals surface area contributed by atoms with Gasteiger partial charge in [0.25, 0.3) is 0 Å². The van der Waals surface area contributed by atoms with E-state index in [0.717, 1.165) is 44.9 Å². The van der Waals surface area contributed by atoms with Gasteiger partial charge in [-0.05, 0) is 45.4 Å². The van der Waals surface area contributed by atoms with Gasteiger partial charge >= 0.3 is 13.8 Å². The summed E-state index contributed by atoms with van der Waals surface area (Å²) < 4.78 is 25.4. The fourth-order valence-electron chi connectivity index (χ4n) is 2.77. The number of aliphatic hydroxyl groups is 1. The van der Waals surface area contributed by atoms with Crippen LogP contribution in [0.2, 0.25) is 0 Å². The summed E-state index contributed by atoms with van der Waals surface area (Å²) in [5.74, 6) is -0.387. The van der Waals surface area contributed by atoms with Crippen molar-refractivity contribution in [2.24, 2.45) is 0 Å². The van der Waals surface area contributed by atoms with Gasteiger partial charge < -0.3 is 14.7 Å². The first-order chi connectivity index (χ1) is 14.9. The van der Waals surface area contributed by atoms with Crippen LogP contribution < -0.4 is 0 Å². The summed E-state index contributed by atoms with van der Waals surface area (Å²) in [7, 11) is -4.15. The Hall–Kier alpha value is -0.980. The zero-order valence-electron chi connectivity index (χ0n) is 19.4. The Kier molecular flexibility index (Phi) is 20.2. The molecule has 0 amide bonds. The molecule has 2 unspecified atom stereocenters. The molecule has 0 aromatic rings. The van der Waals surface area contributed by atoms with Gasteiger partial charge in [0.05, 0.1) is 13.2 Å². The van der Waals surface area contributed by atoms with Crippen LogP contribution in [0.3, 0.4) is 0 Å². The number of phosphoric ester groups is 1. The molecule has 0 fully saturated rings. The molecular formula is C23H43O7P. The van der Waals surface area contributed by atoms with Gasteiger partial charge in [-0.3, -0.25) is 13.8 Å². The predicted molar refractivity (Wildman–Crippen MR) is 124 cm³/mol. The Morgan fingerprint density at radius 3 is 2.13 bits per heavy atom. The number of hydrogen-bond acceptors (Lipinski definition) is 6. The molecule has 8 heteroatoms. The maximum atomic E-state index is 11.7. The molecular weight excluding hydrogens is 419 g/mol. The van der Waals surface area contributed by atoms with Crippen LogP contribution in [0.4, 0.5) is 0 Å². The fraction of sp³-hybridized carbons (Fsp3) is 0.783. The first-order valence-electron chi connectivity index (χ1n) is 11.7. The van der Waals surface area contributed by atoms with Crippen LogP contribution in [0.15, 0.2) is 24.3 Å². The monoisotopic (exact) mass is 462 g/mol. The molecule has 0 aromatic carbocycles. The average molecular weight is 463 g/mol. The van der Waals surface area contributed by atoms with Crippen molar-refractivity contribution in [2.75, 3.05) is 19.8 Å². The minimum atomic E-state index is -4.15. The second-order valence-corrected chi connectivity index (χ2v) is 8.95. The van der Waals surface area contributed by atoms with E-state index in [2.05, 4.69) is 40.3 Å². The summed E-state index contributed by atoms with van der Waals surface area (Å²) in [6.45, 7) is 3.08. The summed E-state index contributed by atoms with van der Waals surface area (Å²) >= 11 is 0. The third-order valence-electron chi connectivity index (χ3n) is 4.49. The first-order valence-corrected chi connectivity index (χ1v) is 13.2. The lowest BCUT2D eigenvalue weighted by Gasteiger charge is -2.14. The highest BCUT2D eigenvalue weighted by molar-refractivity contribution is 7.47. The largest absolute Gasteiger partial charge is 0.472 e. The topological polar surface area (TPSA) is 102 Å². The van der Waals surface area contributed by atoms with Crippen molar-refractivity contribution in [3.05, 3.63) is 24.3 Å². The van der Waals surface area contributed by atoms with Gasteiger partial charge in [0.15, 0.2) is 0 Å². The zero-order valence-corrected chi connectivity index (χ0v) is 20.3. The van der Waals surface area contributed by atoms with Crippen LogP contribution in [0.25, 0.3) is 0 Å². The van der Waals surface area contributed by atoms with Gasteiger partial charge in [0, 0.05) is 6.42 Å². The third-order valence-corrected chi connectivity index (χ3v) is 5.55. The molecule has 0 aliphatic carbocycles. The van der Waals surface area contributed by atoms with Crippen molar-refractivity contribution in [3.8, 4) is 0 Å². The van der Waals surface area contributed by atoms with Crippen LogP contribution in [-0.4, -0.2) is 41.9 Å². The first kappa shape index (κ1) is 30.0. The minimum Gasteiger partial charge on any atom is -0.463 e. The number of ether oxygens (including phenoxy) is 1. The van der Waals surface area contributed by atoms with Gasteiger partial charge in [0.1, 0.15) is 12.7 Å². The van der Waals surface area contributed by atoms with Crippen LogP contribution >= 0.6 is 7.82 Å². The van der Waals surface area contributed by atoms with E-state index in [1.807, 2.05) is 0 Å². The number of carbonyl (C=O) groups excluding carboxylic acids is 1. The van der Waals surface area contributed by atoms with Crippen LogP contribution in [0.1, 0.15) is 90.9 Å². The highest BCUT2D eigenvalue weighted by atomic mass is 31.2. The number of aliphatic hydroxyl groups excluding tert-OH is 1. The Bertz CT molecular complexity index is 534. The predicted octanol–water partition coefficient (Wildman–Crippen LogP) is 5.86. The number of carbonyl (C=O) groups is 1. The quantitative estimate of drug-likeness (QED) is 0.0953. The third kappa shape index (κ3) is 22.0. The minimum absolute atomic E-state index is 0.0202. The highest BCUT2D eigenvalue weighted by Crippen LogP contribution is 2.42. The second-order valence-electron chi connectivity index (χ2n) is 7.50. The normalized spacial score (nSPS) is 14.8. The summed E-state index contributed by atoms with van der Waals surface area (Å²) in [5.41, 5.74) is 0. The lowest BCUT2D eigenvalue weighted by atomic mass is 10.1. The summed E-state index contributed by atoms with van der Waals surface area (Å²) in [4.78, 5) is 20.9. The maximum absolute atomic E-state index is 11.7. The molecule has 0 saturated heterocycles. The van der Waals surface area contributed by atoms with E-state index in [0.29, 0.717) is 6.42 Å². The lowest BCUT2D eigenvalue weighted by molar-refractivity contribution is -0.147. The Morgan fingerprint density at radius 2 is 1.48 bits per heavy atom. The smallest absolute Gasteiger partial charge is 0.463 e. The van der Waals surface area contributed by atoms with E-state index in [-0.39, 0.29) is 19.2 Å². The van der Waals surface area contributed by atoms with Crippen LogP contribution in [0.5, 0.6) is 0 Å². The number of phosphoric acid groups is 1. The number of allylic oxidation sites excluding steroid dienone is 4. The zero-order chi connectivity index (χ0) is 23.2. The molecule has 0 aromatic heterocycles. The highest BCUT2D eigenvalue weighted by Gasteiger charge is 2.22. The van der Waals surface area contributed by atoms with E-state index in [4.69, 9.17) is 4.74 Å². The molecule has 7 nitrogen and oxygen atoms in total. The summed E-state index contributed by atoms with van der Waals surface area (Å²) in [5, 5.41) is 9.63. The second kappa shape index (κ2) is 20.9. The SMILES string of the molecule is CCCCCC=CCC=CCCCCCCCC(=O)OCC(O)COP(=O)(O)OCC. The van der Waals surface area contributed by atoms with E-state index in [9.17, 15) is 19.4 Å². The van der Waals surface area contributed by atoms with Gasteiger partial charge in [-0.25, -0.2) is 4.57 Å². The molecule has 0 radical (unpaired) electrons. The number of unbranched alkanes of at least 4 members (excludes halogenated alkanes) is 8. The van der Waals surface area contributed by atoms with E-state index < -0.39 is 20.5 Å². The van der Waals surface area contributed by atoms with Crippen molar-refractivity contribution in [1.29, 1.82) is 0 Å². The Labute approximate surface area is 188 Å². The molecule has 0 aliphatic rings. The fourth-order valence-corrected chi connectivity index (χ4v) is 3.53. The number of esters is 1. The summed E-state index contributed by atoms with van der Waals surface area (Å²) in [6, 6.07) is 0. The van der Waals surface area contributed by atoms with Crippen molar-refractivity contribution < 1.29 is 33.1 Å². The van der Waals surface area contributed by atoms with Gasteiger partial charge in [-0.1, -0.05) is 63.3 Å². The van der Waals surface area contributed by atoms with E-state index in [1.165, 1.54) is 25.7 Å². The van der Waals surface area contributed by atoms with Crippen molar-refractivity contribution in [2.45, 2.75) is 97.0 Å². The Morgan fingerprint density at radius 1 is 0.871 bits per heavy atom. The van der Waals surface area contributed by atoms with Crippen LogP contribution in [0, 0.1) is 0 Å². The molecule has 0 aliphatic heterocycles. The van der Waals surface area contributed by atoms with Crippen molar-refractivity contribution in [1.82, 2.24) is 0 Å². The van der Waals surface area contributed by atoms with Crippen molar-refractivity contribution in [3.63, 3.8) is 0 Å². The molecule has 182 valence electrons. The van der Waals surface area contributed by atoms with E-state index in [1.54, 1.807) is 6.92 Å². The molecule has 0 saturated carbocycles. The standard InChI is InChI=1S/C23H43O7P/c1-3-5-6-7-8-9-10-11-12-13-14-15-16-17-18-19-23(25)28-20-22(24)21-30-31(26,27)29-4-2/h8-9,11-12,22,24H,3-7,10,13-21H2,1-2H3,(H,26,27). The lowest BCUT2D eigenvalue weighted by Crippen LogP contribution is -2.23. The van der Waals surface area contributed by atoms with Gasteiger partial charge in [-0.2, -0.15) is 0 Å². The Balaban J connectivity index is 3.51. The molecule has 2 N–H and O–H groups in total. The van der Waals surface area contributed by atoms with Gasteiger partial charge in [0.2, 0.25) is 0 Å².